The summed E-state index contributed by atoms with van der Waals surface area (Å²) in [6.45, 7) is 4.92. The summed E-state index contributed by atoms with van der Waals surface area (Å²) >= 11 is 3.90. The van der Waals surface area contributed by atoms with Gasteiger partial charge < -0.3 is 10.2 Å². The van der Waals surface area contributed by atoms with Crippen molar-refractivity contribution in [2.24, 2.45) is 28.6 Å². The number of fused-ring (bicyclic) bond motifs is 5. The molecule has 4 unspecified atom stereocenters. The van der Waals surface area contributed by atoms with Gasteiger partial charge in [-0.25, -0.2) is 8.78 Å². The van der Waals surface area contributed by atoms with Crippen LogP contribution >= 0.6 is 12.6 Å². The Morgan fingerprint density at radius 2 is 1.93 bits per heavy atom. The van der Waals surface area contributed by atoms with E-state index in [1.165, 1.54) is 19.1 Å². The Hall–Kier alpha value is -1.05. The molecule has 0 aromatic carbocycles. The zero-order valence-corrected chi connectivity index (χ0v) is 17.0. The molecule has 0 radical (unpaired) electrons. The number of hydrogen-bond donors (Lipinski definition) is 3. The molecule has 9 atom stereocenters. The van der Waals surface area contributed by atoms with E-state index in [2.05, 4.69) is 12.6 Å². The zero-order chi connectivity index (χ0) is 20.9. The molecule has 4 rings (SSSR count). The van der Waals surface area contributed by atoms with Crippen molar-refractivity contribution >= 4 is 23.5 Å². The Kier molecular flexibility index (Phi) is 4.16. The zero-order valence-electron chi connectivity index (χ0n) is 16.2. The van der Waals surface area contributed by atoms with Crippen LogP contribution in [0.4, 0.5) is 8.78 Å². The highest BCUT2D eigenvalue weighted by molar-refractivity contribution is 7.96. The molecule has 0 heterocycles. The third-order valence-electron chi connectivity index (χ3n) is 8.54. The number of aliphatic hydroxyl groups is 2. The topological polar surface area (TPSA) is 74.6 Å². The van der Waals surface area contributed by atoms with Crippen LogP contribution in [0.15, 0.2) is 23.8 Å². The lowest BCUT2D eigenvalue weighted by Crippen LogP contribution is -2.70. The van der Waals surface area contributed by atoms with Crippen molar-refractivity contribution in [1.29, 1.82) is 0 Å². The van der Waals surface area contributed by atoms with Crippen LogP contribution in [0, 0.1) is 28.6 Å². The third kappa shape index (κ3) is 2.03. The summed E-state index contributed by atoms with van der Waals surface area (Å²) in [6.07, 6.45) is 0.703. The SMILES string of the molecule is C[C@@H]1CC2C3C[C@H](F)C4=CC(=O)C=CC4(C)[C@@]3(F)[C@@H](O)CC2(C)[C@@]1(O)C(=O)S. The van der Waals surface area contributed by atoms with Crippen LogP contribution in [-0.2, 0) is 9.59 Å². The van der Waals surface area contributed by atoms with Crippen molar-refractivity contribution in [2.75, 3.05) is 0 Å². The first-order valence-electron chi connectivity index (χ1n) is 9.76. The second-order valence-corrected chi connectivity index (χ2v) is 9.97. The van der Waals surface area contributed by atoms with E-state index in [1.54, 1.807) is 13.8 Å². The lowest BCUT2D eigenvalue weighted by Gasteiger charge is -2.62. The van der Waals surface area contributed by atoms with E-state index < -0.39 is 63.0 Å². The fraction of sp³-hybridized carbons (Fsp3) is 0.714. The maximum absolute atomic E-state index is 16.8. The minimum absolute atomic E-state index is 0.0629. The van der Waals surface area contributed by atoms with Gasteiger partial charge in [0, 0.05) is 16.7 Å². The average molecular weight is 412 g/mol. The molecular weight excluding hydrogens is 386 g/mol. The third-order valence-corrected chi connectivity index (χ3v) is 8.88. The first kappa shape index (κ1) is 20.2. The van der Waals surface area contributed by atoms with Gasteiger partial charge in [-0.3, -0.25) is 9.59 Å². The van der Waals surface area contributed by atoms with Gasteiger partial charge in [-0.2, -0.15) is 0 Å². The van der Waals surface area contributed by atoms with Gasteiger partial charge in [-0.1, -0.05) is 19.9 Å². The van der Waals surface area contributed by atoms with E-state index in [0.29, 0.717) is 6.42 Å². The predicted molar refractivity (Wildman–Crippen MR) is 102 cm³/mol. The summed E-state index contributed by atoms with van der Waals surface area (Å²) in [5.74, 6) is -2.29. The number of halogens is 2. The minimum atomic E-state index is -2.20. The second-order valence-electron chi connectivity index (χ2n) is 9.57. The number of aliphatic hydroxyl groups excluding tert-OH is 1. The highest BCUT2D eigenvalue weighted by Gasteiger charge is 2.76. The van der Waals surface area contributed by atoms with Crippen molar-refractivity contribution < 1.29 is 28.6 Å². The Labute approximate surface area is 168 Å². The standard InChI is InChI=1S/C21H26F2O4S/c1-10-6-12-13-8-15(22)14-7-11(24)4-5-18(14,2)20(13,23)16(25)9-19(12,3)21(10,27)17(26)28/h4-5,7,10,12-13,15-16,25,27H,6,8-9H2,1-3H3,(H,26,28)/t10-,12?,13?,15+,16+,18?,19?,20+,21+/m1/s1. The number of alkyl halides is 2. The van der Waals surface area contributed by atoms with Gasteiger partial charge in [0.25, 0.3) is 0 Å². The summed E-state index contributed by atoms with van der Waals surface area (Å²) < 4.78 is 32.0. The van der Waals surface area contributed by atoms with E-state index in [4.69, 9.17) is 0 Å². The van der Waals surface area contributed by atoms with Gasteiger partial charge in [0.15, 0.2) is 11.5 Å². The Balaban J connectivity index is 1.88. The maximum Gasteiger partial charge on any atom is 0.218 e. The van der Waals surface area contributed by atoms with Gasteiger partial charge in [-0.05, 0) is 55.7 Å². The second kappa shape index (κ2) is 5.76. The van der Waals surface area contributed by atoms with E-state index in [1.807, 2.05) is 0 Å². The average Bonchev–Trinajstić information content (AvgIpc) is 2.81. The highest BCUT2D eigenvalue weighted by Crippen LogP contribution is 2.71. The van der Waals surface area contributed by atoms with Crippen molar-refractivity contribution in [3.05, 3.63) is 23.8 Å². The lowest BCUT2D eigenvalue weighted by atomic mass is 9.44. The minimum Gasteiger partial charge on any atom is -0.390 e. The molecule has 0 spiro atoms. The number of carbonyl (C=O) groups is 2. The molecule has 0 saturated heterocycles. The molecule has 3 saturated carbocycles. The van der Waals surface area contributed by atoms with Crippen LogP contribution in [-0.4, -0.2) is 44.7 Å². The summed E-state index contributed by atoms with van der Waals surface area (Å²) in [7, 11) is 0. The number of carbonyl (C=O) groups excluding carboxylic acids is 2. The van der Waals surface area contributed by atoms with Crippen molar-refractivity contribution in [3.63, 3.8) is 0 Å². The Bertz CT molecular complexity index is 827. The maximum atomic E-state index is 16.8. The van der Waals surface area contributed by atoms with Crippen LogP contribution in [0.2, 0.25) is 0 Å². The molecule has 0 aliphatic heterocycles. The number of allylic oxidation sites excluding steroid dienone is 4. The van der Waals surface area contributed by atoms with Crippen molar-refractivity contribution in [2.45, 2.75) is 63.6 Å². The fourth-order valence-electron chi connectivity index (χ4n) is 7.00. The molecular formula is C21H26F2O4S. The molecule has 28 heavy (non-hydrogen) atoms. The summed E-state index contributed by atoms with van der Waals surface area (Å²) in [6, 6.07) is 0. The number of ketones is 1. The number of thiol groups is 1. The number of hydrogen-bond acceptors (Lipinski definition) is 4. The fourth-order valence-corrected chi connectivity index (χ4v) is 7.47. The molecule has 2 N–H and O–H groups in total. The molecule has 0 bridgehead atoms. The molecule has 0 aromatic heterocycles. The number of rotatable bonds is 1. The van der Waals surface area contributed by atoms with E-state index in [0.717, 1.165) is 6.08 Å². The first-order chi connectivity index (χ1) is 12.8. The van der Waals surface area contributed by atoms with Crippen molar-refractivity contribution in [1.82, 2.24) is 0 Å². The van der Waals surface area contributed by atoms with Gasteiger partial charge in [0.05, 0.1) is 6.10 Å². The van der Waals surface area contributed by atoms with Crippen LogP contribution in [0.5, 0.6) is 0 Å². The Morgan fingerprint density at radius 1 is 1.29 bits per heavy atom. The molecule has 0 aromatic rings. The van der Waals surface area contributed by atoms with Gasteiger partial charge in [0.2, 0.25) is 5.12 Å². The predicted octanol–water partition coefficient (Wildman–Crippen LogP) is 2.74. The quantitative estimate of drug-likeness (QED) is 0.579. The highest BCUT2D eigenvalue weighted by atomic mass is 32.1. The van der Waals surface area contributed by atoms with Gasteiger partial charge >= 0.3 is 0 Å². The molecule has 7 heteroatoms. The lowest BCUT2D eigenvalue weighted by molar-refractivity contribution is -0.221. The largest absolute Gasteiger partial charge is 0.390 e. The summed E-state index contributed by atoms with van der Waals surface area (Å²) in [4.78, 5) is 24.1. The molecule has 3 fully saturated rings. The monoisotopic (exact) mass is 412 g/mol. The van der Waals surface area contributed by atoms with E-state index >= 15 is 8.78 Å². The van der Waals surface area contributed by atoms with Crippen LogP contribution in [0.1, 0.15) is 40.0 Å². The molecule has 4 nitrogen and oxygen atoms in total. The first-order valence-corrected chi connectivity index (χ1v) is 10.2. The molecule has 0 amide bonds. The summed E-state index contributed by atoms with van der Waals surface area (Å²) in [5, 5.41) is 21.6. The van der Waals surface area contributed by atoms with Gasteiger partial charge in [0.1, 0.15) is 11.8 Å². The van der Waals surface area contributed by atoms with E-state index in [9.17, 15) is 19.8 Å². The molecule has 154 valence electrons. The van der Waals surface area contributed by atoms with Crippen LogP contribution in [0.25, 0.3) is 0 Å². The van der Waals surface area contributed by atoms with Gasteiger partial charge in [-0.15, -0.1) is 12.6 Å². The van der Waals surface area contributed by atoms with E-state index in [-0.39, 0.29) is 18.4 Å². The molecule has 4 aliphatic carbocycles. The van der Waals surface area contributed by atoms with Crippen molar-refractivity contribution in [3.8, 4) is 0 Å². The smallest absolute Gasteiger partial charge is 0.218 e. The Morgan fingerprint density at radius 3 is 2.54 bits per heavy atom. The van der Waals surface area contributed by atoms with Crippen LogP contribution < -0.4 is 0 Å². The molecule has 4 aliphatic rings. The van der Waals surface area contributed by atoms with Crippen LogP contribution in [0.3, 0.4) is 0 Å². The summed E-state index contributed by atoms with van der Waals surface area (Å²) in [5.41, 5.74) is -6.53. The normalized spacial score (nSPS) is 55.2.